The van der Waals surface area contributed by atoms with Crippen LogP contribution in [0.15, 0.2) is 66.7 Å². The third-order valence-corrected chi connectivity index (χ3v) is 4.48. The molecule has 0 spiro atoms. The molecule has 29 heavy (non-hydrogen) atoms. The number of hydrogen-bond donors (Lipinski definition) is 0. The summed E-state index contributed by atoms with van der Waals surface area (Å²) < 4.78 is 16.3. The first-order chi connectivity index (χ1) is 14.0. The Bertz CT molecular complexity index is 1120. The average molecular weight is 387 g/mol. The van der Waals surface area contributed by atoms with Crippen LogP contribution < -0.4 is 14.2 Å². The quantitative estimate of drug-likeness (QED) is 0.379. The average Bonchev–Trinajstić information content (AvgIpc) is 3.04. The molecule has 0 aliphatic carbocycles. The third-order valence-electron chi connectivity index (χ3n) is 4.48. The largest absolute Gasteiger partial charge is 0.497 e. The molecule has 1 aliphatic heterocycles. The smallest absolute Gasteiger partial charge is 0.343 e. The molecular weight excluding hydrogens is 370 g/mol. The van der Waals surface area contributed by atoms with Crippen molar-refractivity contribution in [1.82, 2.24) is 4.98 Å². The fourth-order valence-electron chi connectivity index (χ4n) is 3.04. The Kier molecular flexibility index (Phi) is 4.83. The van der Waals surface area contributed by atoms with Gasteiger partial charge in [0.25, 0.3) is 0 Å². The van der Waals surface area contributed by atoms with Gasteiger partial charge >= 0.3 is 5.97 Å². The summed E-state index contributed by atoms with van der Waals surface area (Å²) in [5, 5.41) is 0. The topological polar surface area (TPSA) is 74.7 Å². The summed E-state index contributed by atoms with van der Waals surface area (Å²) in [5.41, 5.74) is 2.33. The molecule has 144 valence electrons. The van der Waals surface area contributed by atoms with Gasteiger partial charge in [-0.05, 0) is 54.5 Å². The number of ether oxygens (including phenoxy) is 3. The molecule has 2 aromatic carbocycles. The molecule has 1 aromatic heterocycles. The van der Waals surface area contributed by atoms with E-state index in [-0.39, 0.29) is 11.5 Å². The Balaban J connectivity index is 1.59. The number of carbonyl (C=O) groups excluding carboxylic acids is 2. The predicted molar refractivity (Wildman–Crippen MR) is 106 cm³/mol. The molecule has 0 N–H and O–H groups in total. The first kappa shape index (κ1) is 18.4. The number of hydrogen-bond acceptors (Lipinski definition) is 6. The second-order valence-electron chi connectivity index (χ2n) is 6.45. The number of Topliss-reactive ketones (excluding diaryl/α,β-unsaturated/α-hetero) is 1. The number of allylic oxidation sites excluding steroid dienone is 1. The van der Waals surface area contributed by atoms with Gasteiger partial charge in [0.2, 0.25) is 5.78 Å². The molecule has 6 heteroatoms. The zero-order chi connectivity index (χ0) is 20.4. The number of aromatic nitrogens is 1. The van der Waals surface area contributed by atoms with Gasteiger partial charge in [-0.25, -0.2) is 4.79 Å². The van der Waals surface area contributed by atoms with E-state index in [1.165, 1.54) is 12.4 Å². The van der Waals surface area contributed by atoms with Crippen LogP contribution >= 0.6 is 0 Å². The van der Waals surface area contributed by atoms with Crippen LogP contribution in [0.25, 0.3) is 6.08 Å². The van der Waals surface area contributed by atoms with Crippen LogP contribution in [-0.2, 0) is 0 Å². The van der Waals surface area contributed by atoms with Crippen molar-refractivity contribution in [2.45, 2.75) is 6.92 Å². The van der Waals surface area contributed by atoms with Crippen LogP contribution in [0.2, 0.25) is 0 Å². The van der Waals surface area contributed by atoms with Gasteiger partial charge in [-0.15, -0.1) is 0 Å². The van der Waals surface area contributed by atoms with E-state index >= 15 is 0 Å². The minimum atomic E-state index is -0.509. The molecule has 3 aromatic rings. The van der Waals surface area contributed by atoms with Crippen molar-refractivity contribution in [1.29, 1.82) is 0 Å². The minimum Gasteiger partial charge on any atom is -0.497 e. The Morgan fingerprint density at radius 2 is 1.76 bits per heavy atom. The van der Waals surface area contributed by atoms with Crippen molar-refractivity contribution in [2.75, 3.05) is 7.11 Å². The van der Waals surface area contributed by atoms with Crippen molar-refractivity contribution >= 4 is 17.8 Å². The maximum Gasteiger partial charge on any atom is 0.343 e. The second-order valence-corrected chi connectivity index (χ2v) is 6.45. The summed E-state index contributed by atoms with van der Waals surface area (Å²) in [7, 11) is 1.59. The van der Waals surface area contributed by atoms with E-state index in [4.69, 9.17) is 14.2 Å². The SMILES string of the molecule is COc1ccc(/C=C2\Oc3cc(OC(=O)c4ccncc4)cc(C)c3C2=O)cc1. The summed E-state index contributed by atoms with van der Waals surface area (Å²) in [6.07, 6.45) is 4.70. The van der Waals surface area contributed by atoms with Crippen molar-refractivity contribution in [3.05, 3.63) is 88.9 Å². The molecule has 1 aliphatic rings. The van der Waals surface area contributed by atoms with Crippen molar-refractivity contribution in [2.24, 2.45) is 0 Å². The molecule has 0 saturated carbocycles. The number of carbonyl (C=O) groups is 2. The molecule has 2 heterocycles. The van der Waals surface area contributed by atoms with E-state index in [0.717, 1.165) is 11.3 Å². The van der Waals surface area contributed by atoms with E-state index < -0.39 is 5.97 Å². The molecule has 0 amide bonds. The third kappa shape index (κ3) is 3.73. The van der Waals surface area contributed by atoms with E-state index in [2.05, 4.69) is 4.98 Å². The van der Waals surface area contributed by atoms with Crippen LogP contribution in [-0.4, -0.2) is 23.8 Å². The fourth-order valence-corrected chi connectivity index (χ4v) is 3.04. The highest BCUT2D eigenvalue weighted by molar-refractivity contribution is 6.15. The molecule has 0 saturated heterocycles. The van der Waals surface area contributed by atoms with Gasteiger partial charge in [0, 0.05) is 18.5 Å². The number of nitrogens with zero attached hydrogens (tertiary/aromatic N) is 1. The number of methoxy groups -OCH3 is 1. The van der Waals surface area contributed by atoms with E-state index in [1.54, 1.807) is 56.5 Å². The number of aryl methyl sites for hydroxylation is 1. The highest BCUT2D eigenvalue weighted by Gasteiger charge is 2.30. The van der Waals surface area contributed by atoms with Gasteiger partial charge in [-0.1, -0.05) is 12.1 Å². The second kappa shape index (κ2) is 7.59. The van der Waals surface area contributed by atoms with Gasteiger partial charge in [0.05, 0.1) is 18.2 Å². The lowest BCUT2D eigenvalue weighted by atomic mass is 10.0. The van der Waals surface area contributed by atoms with Gasteiger partial charge in [-0.2, -0.15) is 0 Å². The minimum absolute atomic E-state index is 0.208. The first-order valence-electron chi connectivity index (χ1n) is 8.90. The lowest BCUT2D eigenvalue weighted by molar-refractivity contribution is 0.0734. The highest BCUT2D eigenvalue weighted by Crippen LogP contribution is 2.37. The predicted octanol–water partition coefficient (Wildman–Crippen LogP) is 4.23. The number of pyridine rings is 1. The lowest BCUT2D eigenvalue weighted by Crippen LogP contribution is -2.08. The molecule has 6 nitrogen and oxygen atoms in total. The van der Waals surface area contributed by atoms with Crippen molar-refractivity contribution in [3.63, 3.8) is 0 Å². The summed E-state index contributed by atoms with van der Waals surface area (Å²) in [6.45, 7) is 1.78. The van der Waals surface area contributed by atoms with E-state index in [9.17, 15) is 9.59 Å². The summed E-state index contributed by atoms with van der Waals surface area (Å²) >= 11 is 0. The molecule has 4 rings (SSSR count). The maximum absolute atomic E-state index is 12.8. The molecule has 0 unspecified atom stereocenters. The zero-order valence-corrected chi connectivity index (χ0v) is 15.8. The monoisotopic (exact) mass is 387 g/mol. The van der Waals surface area contributed by atoms with Gasteiger partial charge in [0.15, 0.2) is 5.76 Å². The van der Waals surface area contributed by atoms with Gasteiger partial charge in [-0.3, -0.25) is 9.78 Å². The molecule has 0 atom stereocenters. The maximum atomic E-state index is 12.8. The van der Waals surface area contributed by atoms with Crippen LogP contribution in [0.3, 0.4) is 0 Å². The van der Waals surface area contributed by atoms with Crippen LogP contribution in [0.4, 0.5) is 0 Å². The van der Waals surface area contributed by atoms with E-state index in [0.29, 0.717) is 28.2 Å². The molecule has 0 fully saturated rings. The number of benzene rings is 2. The van der Waals surface area contributed by atoms with Gasteiger partial charge < -0.3 is 14.2 Å². The number of ketones is 1. The Morgan fingerprint density at radius 3 is 2.45 bits per heavy atom. The molecular formula is C23H17NO5. The highest BCUT2D eigenvalue weighted by atomic mass is 16.5. The van der Waals surface area contributed by atoms with Gasteiger partial charge in [0.1, 0.15) is 17.2 Å². The zero-order valence-electron chi connectivity index (χ0n) is 15.8. The molecule has 0 bridgehead atoms. The Morgan fingerprint density at radius 1 is 1.03 bits per heavy atom. The summed E-state index contributed by atoms with van der Waals surface area (Å²) in [6, 6.07) is 13.6. The molecule has 0 radical (unpaired) electrons. The van der Waals surface area contributed by atoms with Crippen LogP contribution in [0, 0.1) is 6.92 Å². The standard InChI is InChI=1S/C23H17NO5/c1-14-11-18(28-23(26)16-7-9-24-10-8-16)13-19-21(14)22(25)20(29-19)12-15-3-5-17(27-2)6-4-15/h3-13H,1-2H3/b20-12-. The first-order valence-corrected chi connectivity index (χ1v) is 8.90. The summed E-state index contributed by atoms with van der Waals surface area (Å²) in [4.78, 5) is 28.9. The Hall–Kier alpha value is -3.93. The van der Waals surface area contributed by atoms with Crippen molar-refractivity contribution in [3.8, 4) is 17.2 Å². The van der Waals surface area contributed by atoms with E-state index in [1.807, 2.05) is 12.1 Å². The normalized spacial score (nSPS) is 13.7. The number of fused-ring (bicyclic) bond motifs is 1. The lowest BCUT2D eigenvalue weighted by Gasteiger charge is -2.07. The number of rotatable bonds is 4. The summed E-state index contributed by atoms with van der Waals surface area (Å²) in [5.74, 6) is 0.899. The van der Waals surface area contributed by atoms with Crippen LogP contribution in [0.5, 0.6) is 17.2 Å². The Labute approximate surface area is 167 Å². The van der Waals surface area contributed by atoms with Crippen molar-refractivity contribution < 1.29 is 23.8 Å². The van der Waals surface area contributed by atoms with Crippen LogP contribution in [0.1, 0.15) is 31.8 Å². The number of esters is 1. The fraction of sp³-hybridized carbons (Fsp3) is 0.0870.